The third-order valence-electron chi connectivity index (χ3n) is 4.55. The van der Waals surface area contributed by atoms with Crippen LogP contribution in [0.15, 0.2) is 18.2 Å². The quantitative estimate of drug-likeness (QED) is 0.831. The lowest BCUT2D eigenvalue weighted by molar-refractivity contribution is 0.0944. The number of fused-ring (bicyclic) bond motifs is 1. The Balaban J connectivity index is 0.00000196. The van der Waals surface area contributed by atoms with E-state index in [4.69, 9.17) is 9.47 Å². The van der Waals surface area contributed by atoms with Gasteiger partial charge in [-0.3, -0.25) is 4.79 Å². The Morgan fingerprint density at radius 3 is 2.92 bits per heavy atom. The van der Waals surface area contributed by atoms with Crippen LogP contribution in [0.25, 0.3) is 5.69 Å². The van der Waals surface area contributed by atoms with Gasteiger partial charge in [-0.1, -0.05) is 5.21 Å². The minimum Gasteiger partial charge on any atom is -0.486 e. The van der Waals surface area contributed by atoms with Crippen LogP contribution in [0.3, 0.4) is 0 Å². The maximum Gasteiger partial charge on any atom is 0.273 e. The van der Waals surface area contributed by atoms with E-state index >= 15 is 0 Å². The molecule has 1 fully saturated rings. The van der Waals surface area contributed by atoms with E-state index in [0.29, 0.717) is 42.9 Å². The summed E-state index contributed by atoms with van der Waals surface area (Å²) >= 11 is 0. The zero-order valence-electron chi connectivity index (χ0n) is 14.5. The molecule has 9 heteroatoms. The first-order valence-corrected chi connectivity index (χ1v) is 8.56. The van der Waals surface area contributed by atoms with Gasteiger partial charge in [0.15, 0.2) is 17.2 Å². The highest BCUT2D eigenvalue weighted by atomic mass is 35.5. The smallest absolute Gasteiger partial charge is 0.273 e. The second-order valence-corrected chi connectivity index (χ2v) is 6.27. The van der Waals surface area contributed by atoms with E-state index < -0.39 is 0 Å². The second-order valence-electron chi connectivity index (χ2n) is 6.27. The third-order valence-corrected chi connectivity index (χ3v) is 4.55. The summed E-state index contributed by atoms with van der Waals surface area (Å²) in [7, 11) is 0. The first-order chi connectivity index (χ1) is 12.2. The molecule has 4 rings (SSSR count). The molecule has 0 radical (unpaired) electrons. The van der Waals surface area contributed by atoms with Crippen LogP contribution in [0.4, 0.5) is 0 Å². The van der Waals surface area contributed by atoms with Gasteiger partial charge in [0, 0.05) is 18.7 Å². The molecule has 0 saturated carbocycles. The SMILES string of the molecule is Cc1c(C(=O)NCC2CCCN2)nnn1-c1ccc2c(c1)OCCO2.Cl. The molecule has 8 nitrogen and oxygen atoms in total. The number of rotatable bonds is 4. The van der Waals surface area contributed by atoms with Crippen molar-refractivity contribution in [2.75, 3.05) is 26.3 Å². The van der Waals surface area contributed by atoms with Crippen LogP contribution in [-0.2, 0) is 0 Å². The summed E-state index contributed by atoms with van der Waals surface area (Å²) in [5.74, 6) is 1.20. The molecule has 26 heavy (non-hydrogen) atoms. The molecular weight excluding hydrogens is 358 g/mol. The van der Waals surface area contributed by atoms with Crippen LogP contribution < -0.4 is 20.1 Å². The van der Waals surface area contributed by atoms with Crippen molar-refractivity contribution in [3.05, 3.63) is 29.6 Å². The summed E-state index contributed by atoms with van der Waals surface area (Å²) in [5, 5.41) is 14.5. The Labute approximate surface area is 157 Å². The highest BCUT2D eigenvalue weighted by molar-refractivity contribution is 5.93. The lowest BCUT2D eigenvalue weighted by Gasteiger charge is -2.18. The molecule has 0 spiro atoms. The van der Waals surface area contributed by atoms with Gasteiger partial charge in [-0.15, -0.1) is 17.5 Å². The number of amides is 1. The minimum absolute atomic E-state index is 0. The van der Waals surface area contributed by atoms with Crippen molar-refractivity contribution >= 4 is 18.3 Å². The molecule has 2 aliphatic heterocycles. The predicted molar refractivity (Wildman–Crippen MR) is 97.7 cm³/mol. The maximum absolute atomic E-state index is 12.4. The lowest BCUT2D eigenvalue weighted by Crippen LogP contribution is -2.37. The Bertz CT molecular complexity index is 789. The first-order valence-electron chi connectivity index (χ1n) is 8.56. The van der Waals surface area contributed by atoms with Gasteiger partial charge in [-0.25, -0.2) is 4.68 Å². The molecule has 1 aromatic heterocycles. The van der Waals surface area contributed by atoms with E-state index in [2.05, 4.69) is 20.9 Å². The molecule has 3 heterocycles. The second kappa shape index (κ2) is 7.92. The van der Waals surface area contributed by atoms with Crippen molar-refractivity contribution in [2.45, 2.75) is 25.8 Å². The van der Waals surface area contributed by atoms with E-state index in [9.17, 15) is 4.79 Å². The van der Waals surface area contributed by atoms with Crippen molar-refractivity contribution < 1.29 is 14.3 Å². The number of carbonyl (C=O) groups is 1. The number of carbonyl (C=O) groups excluding carboxylic acids is 1. The number of ether oxygens (including phenoxy) is 2. The van der Waals surface area contributed by atoms with Crippen molar-refractivity contribution in [3.8, 4) is 17.2 Å². The summed E-state index contributed by atoms with van der Waals surface area (Å²) in [6.07, 6.45) is 2.24. The molecule has 1 atom stereocenters. The van der Waals surface area contributed by atoms with E-state index in [0.717, 1.165) is 30.8 Å². The summed E-state index contributed by atoms with van der Waals surface area (Å²) in [6, 6.07) is 5.91. The Morgan fingerprint density at radius 1 is 1.35 bits per heavy atom. The van der Waals surface area contributed by atoms with Crippen molar-refractivity contribution in [1.29, 1.82) is 0 Å². The van der Waals surface area contributed by atoms with Gasteiger partial charge in [0.25, 0.3) is 5.91 Å². The molecule has 0 bridgehead atoms. The Kier molecular flexibility index (Phi) is 5.63. The fourth-order valence-electron chi connectivity index (χ4n) is 3.18. The number of benzene rings is 1. The lowest BCUT2D eigenvalue weighted by atomic mass is 10.2. The summed E-state index contributed by atoms with van der Waals surface area (Å²) in [5.41, 5.74) is 1.81. The molecule has 1 aromatic carbocycles. The van der Waals surface area contributed by atoms with Crippen LogP contribution in [0.2, 0.25) is 0 Å². The number of nitrogens with one attached hydrogen (secondary N) is 2. The summed E-state index contributed by atoms with van der Waals surface area (Å²) in [6.45, 7) is 4.53. The van der Waals surface area contributed by atoms with Gasteiger partial charge in [0.2, 0.25) is 0 Å². The van der Waals surface area contributed by atoms with E-state index in [1.54, 1.807) is 4.68 Å². The Morgan fingerprint density at radius 2 is 2.15 bits per heavy atom. The fraction of sp³-hybridized carbons (Fsp3) is 0.471. The van der Waals surface area contributed by atoms with Gasteiger partial charge in [0.1, 0.15) is 13.2 Å². The van der Waals surface area contributed by atoms with E-state index in [1.165, 1.54) is 0 Å². The molecule has 2 N–H and O–H groups in total. The monoisotopic (exact) mass is 379 g/mol. The van der Waals surface area contributed by atoms with Crippen molar-refractivity contribution in [2.24, 2.45) is 0 Å². The van der Waals surface area contributed by atoms with Gasteiger partial charge in [-0.05, 0) is 38.4 Å². The van der Waals surface area contributed by atoms with Gasteiger partial charge in [0.05, 0.1) is 11.4 Å². The average molecular weight is 380 g/mol. The van der Waals surface area contributed by atoms with Gasteiger partial charge >= 0.3 is 0 Å². The van der Waals surface area contributed by atoms with Crippen molar-refractivity contribution in [1.82, 2.24) is 25.6 Å². The zero-order valence-corrected chi connectivity index (χ0v) is 15.3. The number of halogens is 1. The Hall–Kier alpha value is -2.32. The fourth-order valence-corrected chi connectivity index (χ4v) is 3.18. The highest BCUT2D eigenvalue weighted by Gasteiger charge is 2.21. The normalized spacial score (nSPS) is 18.3. The summed E-state index contributed by atoms with van der Waals surface area (Å²) < 4.78 is 12.8. The van der Waals surface area contributed by atoms with Crippen LogP contribution in [-0.4, -0.2) is 53.2 Å². The molecule has 2 aromatic rings. The molecule has 0 aliphatic carbocycles. The minimum atomic E-state index is -0.199. The highest BCUT2D eigenvalue weighted by Crippen LogP contribution is 2.32. The van der Waals surface area contributed by atoms with E-state index in [-0.39, 0.29) is 18.3 Å². The molecule has 2 aliphatic rings. The topological polar surface area (TPSA) is 90.3 Å². The summed E-state index contributed by atoms with van der Waals surface area (Å²) in [4.78, 5) is 12.4. The molecule has 1 saturated heterocycles. The third kappa shape index (κ3) is 3.61. The average Bonchev–Trinajstić information content (AvgIpc) is 3.29. The maximum atomic E-state index is 12.4. The number of hydrogen-bond donors (Lipinski definition) is 2. The van der Waals surface area contributed by atoms with Crippen LogP contribution in [0, 0.1) is 6.92 Å². The van der Waals surface area contributed by atoms with Crippen LogP contribution in [0.1, 0.15) is 29.0 Å². The van der Waals surface area contributed by atoms with Gasteiger partial charge < -0.3 is 20.1 Å². The molecule has 1 unspecified atom stereocenters. The molecular formula is C17H22ClN5O3. The largest absolute Gasteiger partial charge is 0.486 e. The number of aromatic nitrogens is 3. The van der Waals surface area contributed by atoms with Crippen LogP contribution >= 0.6 is 12.4 Å². The number of nitrogens with zero attached hydrogens (tertiary/aromatic N) is 3. The predicted octanol–water partition coefficient (Wildman–Crippen LogP) is 1.25. The first kappa shape index (κ1) is 18.5. The number of hydrogen-bond acceptors (Lipinski definition) is 6. The van der Waals surface area contributed by atoms with Crippen LogP contribution in [0.5, 0.6) is 11.5 Å². The van der Waals surface area contributed by atoms with Crippen molar-refractivity contribution in [3.63, 3.8) is 0 Å². The standard InChI is InChI=1S/C17H21N5O3.ClH/c1-11-16(17(23)19-10-12-3-2-6-18-12)20-21-22(11)13-4-5-14-15(9-13)25-8-7-24-14;/h4-5,9,12,18H,2-3,6-8,10H2,1H3,(H,19,23);1H. The zero-order chi connectivity index (χ0) is 17.2. The molecule has 140 valence electrons. The van der Waals surface area contributed by atoms with E-state index in [1.807, 2.05) is 25.1 Å². The van der Waals surface area contributed by atoms with Gasteiger partial charge in [-0.2, -0.15) is 0 Å². The molecule has 1 amide bonds.